The molecule has 0 saturated heterocycles. The van der Waals surface area contributed by atoms with Crippen LogP contribution in [0.2, 0.25) is 0 Å². The zero-order valence-corrected chi connectivity index (χ0v) is 16.5. The van der Waals surface area contributed by atoms with Crippen molar-refractivity contribution >= 4 is 38.7 Å². The number of thioether (sulfide) groups is 1. The van der Waals surface area contributed by atoms with Crippen LogP contribution in [0.4, 0.5) is 0 Å². The number of furan rings is 1. The number of aromatic nitrogens is 1. The number of pyridine rings is 1. The maximum Gasteiger partial charge on any atom is 0.140 e. The molecule has 0 radical (unpaired) electrons. The van der Waals surface area contributed by atoms with E-state index in [1.54, 1.807) is 12.3 Å². The number of hydrogen-bond acceptors (Lipinski definition) is 5. The molecule has 4 aromatic rings. The van der Waals surface area contributed by atoms with Gasteiger partial charge in [-0.2, -0.15) is 5.26 Å². The van der Waals surface area contributed by atoms with E-state index in [1.165, 1.54) is 11.8 Å². The van der Waals surface area contributed by atoms with Gasteiger partial charge in [-0.05, 0) is 42.5 Å². The summed E-state index contributed by atoms with van der Waals surface area (Å²) in [4.78, 5) is 4.44. The average molecular weight is 437 g/mol. The van der Waals surface area contributed by atoms with Gasteiger partial charge in [0.05, 0.1) is 5.56 Å². The predicted octanol–water partition coefficient (Wildman–Crippen LogP) is 6.26. The lowest BCUT2D eigenvalue weighted by Crippen LogP contribution is -1.95. The van der Waals surface area contributed by atoms with Gasteiger partial charge in [-0.3, -0.25) is 0 Å². The minimum absolute atomic E-state index is 0.379. The summed E-state index contributed by atoms with van der Waals surface area (Å²) in [5, 5.41) is 11.1. The summed E-state index contributed by atoms with van der Waals surface area (Å²) >= 11 is 4.84. The summed E-state index contributed by atoms with van der Waals surface area (Å²) in [6.45, 7) is 0. The number of hydrogen-bond donors (Lipinski definition) is 0. The Morgan fingerprint density at radius 3 is 2.78 bits per heavy atom. The van der Waals surface area contributed by atoms with Crippen molar-refractivity contribution in [2.75, 3.05) is 5.94 Å². The second kappa shape index (κ2) is 7.87. The van der Waals surface area contributed by atoms with Gasteiger partial charge in [0.1, 0.15) is 34.1 Å². The van der Waals surface area contributed by atoms with Gasteiger partial charge in [0.15, 0.2) is 0 Å². The summed E-state index contributed by atoms with van der Waals surface area (Å²) in [5.41, 5.74) is 2.06. The molecule has 0 spiro atoms. The summed E-state index contributed by atoms with van der Waals surface area (Å²) in [5.74, 6) is 1.85. The lowest BCUT2D eigenvalue weighted by atomic mass is 10.1. The van der Waals surface area contributed by atoms with Gasteiger partial charge in [0, 0.05) is 21.6 Å². The van der Waals surface area contributed by atoms with Crippen molar-refractivity contribution in [3.8, 4) is 23.1 Å². The van der Waals surface area contributed by atoms with Crippen LogP contribution in [0.3, 0.4) is 0 Å². The number of nitrogens with zero attached hydrogens (tertiary/aromatic N) is 2. The topological polar surface area (TPSA) is 59.0 Å². The fourth-order valence-corrected chi connectivity index (χ4v) is 3.68. The van der Waals surface area contributed by atoms with Crippen molar-refractivity contribution in [2.45, 2.75) is 5.03 Å². The second-order valence-electron chi connectivity index (χ2n) is 5.70. The number of ether oxygens (including phenoxy) is 1. The Morgan fingerprint density at radius 1 is 1.11 bits per heavy atom. The van der Waals surface area contributed by atoms with Gasteiger partial charge < -0.3 is 9.15 Å². The molecule has 0 atom stereocenters. The first kappa shape index (κ1) is 17.7. The van der Waals surface area contributed by atoms with Gasteiger partial charge in [0.25, 0.3) is 0 Å². The quantitative estimate of drug-likeness (QED) is 0.273. The van der Waals surface area contributed by atoms with E-state index >= 15 is 0 Å². The molecule has 0 N–H and O–H groups in total. The van der Waals surface area contributed by atoms with Crippen LogP contribution in [0, 0.1) is 11.3 Å². The predicted molar refractivity (Wildman–Crippen MR) is 110 cm³/mol. The highest BCUT2D eigenvalue weighted by molar-refractivity contribution is 9.10. The van der Waals surface area contributed by atoms with Crippen LogP contribution in [0.5, 0.6) is 5.75 Å². The summed E-state index contributed by atoms with van der Waals surface area (Å²) < 4.78 is 12.5. The third-order valence-electron chi connectivity index (χ3n) is 3.90. The first-order valence-corrected chi connectivity index (χ1v) is 9.91. The maximum atomic E-state index is 9.50. The SMILES string of the molecule is N#Cc1cc(-c2cc3cc(Br)ccc3o2)cnc1SCOc1ccccc1. The Labute approximate surface area is 168 Å². The fourth-order valence-electron chi connectivity index (χ4n) is 2.61. The molecule has 132 valence electrons. The van der Waals surface area contributed by atoms with Crippen LogP contribution < -0.4 is 4.74 Å². The van der Waals surface area contributed by atoms with Crippen LogP contribution in [0.25, 0.3) is 22.3 Å². The van der Waals surface area contributed by atoms with Crippen molar-refractivity contribution in [3.05, 3.63) is 76.9 Å². The first-order valence-electron chi connectivity index (χ1n) is 8.13. The van der Waals surface area contributed by atoms with Crippen LogP contribution >= 0.6 is 27.7 Å². The standard InChI is InChI=1S/C21H13BrN2O2S/c22-17-6-7-19-14(9-17)10-20(26-19)16-8-15(11-23)21(24-12-16)27-13-25-18-4-2-1-3-5-18/h1-10,12H,13H2. The van der Waals surface area contributed by atoms with E-state index in [2.05, 4.69) is 27.0 Å². The second-order valence-corrected chi connectivity index (χ2v) is 7.53. The Balaban J connectivity index is 1.54. The highest BCUT2D eigenvalue weighted by atomic mass is 79.9. The van der Waals surface area contributed by atoms with Gasteiger partial charge >= 0.3 is 0 Å². The van der Waals surface area contributed by atoms with Gasteiger partial charge in [0.2, 0.25) is 0 Å². The van der Waals surface area contributed by atoms with Crippen molar-refractivity contribution < 1.29 is 9.15 Å². The molecule has 0 saturated carbocycles. The molecule has 2 heterocycles. The number of halogens is 1. The number of para-hydroxylation sites is 1. The van der Waals surface area contributed by atoms with Crippen LogP contribution in [0.1, 0.15) is 5.56 Å². The monoisotopic (exact) mass is 436 g/mol. The highest BCUT2D eigenvalue weighted by Gasteiger charge is 2.12. The summed E-state index contributed by atoms with van der Waals surface area (Å²) in [6, 6.07) is 21.3. The van der Waals surface area contributed by atoms with E-state index in [1.807, 2.05) is 54.6 Å². The smallest absolute Gasteiger partial charge is 0.140 e. The first-order chi connectivity index (χ1) is 13.2. The third kappa shape index (κ3) is 4.00. The van der Waals surface area contributed by atoms with E-state index in [0.717, 1.165) is 26.8 Å². The molecule has 4 nitrogen and oxygen atoms in total. The van der Waals surface area contributed by atoms with Crippen molar-refractivity contribution in [1.29, 1.82) is 5.26 Å². The van der Waals surface area contributed by atoms with Gasteiger partial charge in [-0.15, -0.1) is 0 Å². The molecule has 0 unspecified atom stereocenters. The van der Waals surface area contributed by atoms with Crippen molar-refractivity contribution in [3.63, 3.8) is 0 Å². The molecule has 2 aromatic heterocycles. The molecule has 0 amide bonds. The zero-order chi connectivity index (χ0) is 18.6. The lowest BCUT2D eigenvalue weighted by molar-refractivity contribution is 0.393. The number of nitriles is 1. The minimum atomic E-state index is 0.379. The van der Waals surface area contributed by atoms with Crippen molar-refractivity contribution in [2.24, 2.45) is 0 Å². The van der Waals surface area contributed by atoms with E-state index < -0.39 is 0 Å². The van der Waals surface area contributed by atoms with E-state index in [9.17, 15) is 5.26 Å². The minimum Gasteiger partial charge on any atom is -0.483 e. The highest BCUT2D eigenvalue weighted by Crippen LogP contribution is 2.31. The fraction of sp³-hybridized carbons (Fsp3) is 0.0476. The Kier molecular flexibility index (Phi) is 5.14. The van der Waals surface area contributed by atoms with E-state index in [4.69, 9.17) is 9.15 Å². The molecule has 4 rings (SSSR count). The summed E-state index contributed by atoms with van der Waals surface area (Å²) in [7, 11) is 0. The Morgan fingerprint density at radius 2 is 1.96 bits per heavy atom. The largest absolute Gasteiger partial charge is 0.483 e. The number of rotatable bonds is 5. The van der Waals surface area contributed by atoms with Crippen LogP contribution in [0.15, 0.2) is 80.8 Å². The molecule has 0 aliphatic rings. The van der Waals surface area contributed by atoms with Crippen LogP contribution in [-0.2, 0) is 0 Å². The third-order valence-corrected chi connectivity index (χ3v) is 5.23. The zero-order valence-electron chi connectivity index (χ0n) is 14.1. The maximum absolute atomic E-state index is 9.50. The molecular weight excluding hydrogens is 424 g/mol. The van der Waals surface area contributed by atoms with Crippen molar-refractivity contribution in [1.82, 2.24) is 4.98 Å². The van der Waals surface area contributed by atoms with E-state index in [0.29, 0.717) is 22.3 Å². The molecule has 2 aromatic carbocycles. The Bertz CT molecular complexity index is 1140. The normalized spacial score (nSPS) is 10.7. The van der Waals surface area contributed by atoms with Crippen LogP contribution in [-0.4, -0.2) is 10.9 Å². The summed E-state index contributed by atoms with van der Waals surface area (Å²) in [6.07, 6.45) is 1.72. The molecule has 0 bridgehead atoms. The molecule has 6 heteroatoms. The van der Waals surface area contributed by atoms with Gasteiger partial charge in [-0.1, -0.05) is 45.9 Å². The molecule has 0 aliphatic heterocycles. The van der Waals surface area contributed by atoms with E-state index in [-0.39, 0.29) is 0 Å². The molecule has 0 fully saturated rings. The lowest BCUT2D eigenvalue weighted by Gasteiger charge is -2.07. The molecule has 0 aliphatic carbocycles. The van der Waals surface area contributed by atoms with Gasteiger partial charge in [-0.25, -0.2) is 4.98 Å². The number of benzene rings is 2. The molecule has 27 heavy (non-hydrogen) atoms. The number of fused-ring (bicyclic) bond motifs is 1. The average Bonchev–Trinajstić information content (AvgIpc) is 3.12. The molecular formula is C21H13BrN2O2S. The Hall–Kier alpha value is -2.75.